The lowest BCUT2D eigenvalue weighted by molar-refractivity contribution is 0.217. The highest BCUT2D eigenvalue weighted by molar-refractivity contribution is 7.91. The fraction of sp³-hybridized carbons (Fsp3) is 0.250. The van der Waals surface area contributed by atoms with Gasteiger partial charge in [-0.05, 0) is 17.7 Å². The molecular weight excluding hydrogens is 382 g/mol. The van der Waals surface area contributed by atoms with Crippen LogP contribution in [0.4, 0.5) is 0 Å². The van der Waals surface area contributed by atoms with E-state index in [9.17, 15) is 8.42 Å². The molecule has 130 valence electrons. The van der Waals surface area contributed by atoms with Crippen molar-refractivity contribution in [3.63, 3.8) is 0 Å². The highest BCUT2D eigenvalue weighted by Crippen LogP contribution is 2.34. The van der Waals surface area contributed by atoms with Gasteiger partial charge in [-0.15, -0.1) is 11.3 Å². The van der Waals surface area contributed by atoms with E-state index >= 15 is 0 Å². The van der Waals surface area contributed by atoms with E-state index in [2.05, 4.69) is 10.1 Å². The minimum Gasteiger partial charge on any atom is -0.339 e. The van der Waals surface area contributed by atoms with Gasteiger partial charge < -0.3 is 4.52 Å². The van der Waals surface area contributed by atoms with Crippen LogP contribution in [0, 0.1) is 0 Å². The van der Waals surface area contributed by atoms with Gasteiger partial charge in [0.15, 0.2) is 5.82 Å². The van der Waals surface area contributed by atoms with E-state index in [0.29, 0.717) is 35.6 Å². The maximum absolute atomic E-state index is 12.5. The minimum atomic E-state index is -3.49. The highest BCUT2D eigenvalue weighted by atomic mass is 35.5. The molecule has 0 N–H and O–H groups in total. The van der Waals surface area contributed by atoms with Gasteiger partial charge in [-0.2, -0.15) is 9.29 Å². The topological polar surface area (TPSA) is 76.3 Å². The summed E-state index contributed by atoms with van der Waals surface area (Å²) in [5.74, 6) is 1.02. The van der Waals surface area contributed by atoms with Crippen LogP contribution >= 0.6 is 22.9 Å². The van der Waals surface area contributed by atoms with Crippen LogP contribution in [0.15, 0.2) is 51.2 Å². The molecule has 1 saturated heterocycles. The average Bonchev–Trinajstić information content (AvgIpc) is 3.16. The molecule has 0 unspecified atom stereocenters. The van der Waals surface area contributed by atoms with Crippen molar-refractivity contribution in [1.82, 2.24) is 14.4 Å². The lowest BCUT2D eigenvalue weighted by Crippen LogP contribution is -2.48. The van der Waals surface area contributed by atoms with E-state index in [4.69, 9.17) is 16.1 Å². The monoisotopic (exact) mass is 395 g/mol. The fourth-order valence-corrected chi connectivity index (χ4v) is 5.81. The number of hydrogen-bond donors (Lipinski definition) is 0. The molecule has 3 aromatic rings. The van der Waals surface area contributed by atoms with Gasteiger partial charge in [0.25, 0.3) is 10.0 Å². The Morgan fingerprint density at radius 2 is 1.96 bits per heavy atom. The molecule has 1 aliphatic rings. The number of rotatable bonds is 5. The smallest absolute Gasteiger partial charge is 0.252 e. The minimum absolute atomic E-state index is 0.0674. The van der Waals surface area contributed by atoms with E-state index in [-0.39, 0.29) is 10.1 Å². The van der Waals surface area contributed by atoms with Gasteiger partial charge in [0.1, 0.15) is 4.21 Å². The van der Waals surface area contributed by atoms with Crippen molar-refractivity contribution in [2.75, 3.05) is 13.1 Å². The van der Waals surface area contributed by atoms with Gasteiger partial charge in [-0.1, -0.05) is 47.1 Å². The first kappa shape index (κ1) is 16.7. The van der Waals surface area contributed by atoms with Crippen molar-refractivity contribution in [2.45, 2.75) is 16.5 Å². The number of hydrogen-bond acceptors (Lipinski definition) is 6. The summed E-state index contributed by atoms with van der Waals surface area (Å²) in [5.41, 5.74) is 1.10. The molecule has 2 aromatic heterocycles. The molecule has 0 bridgehead atoms. The first-order valence-electron chi connectivity index (χ1n) is 7.64. The van der Waals surface area contributed by atoms with Gasteiger partial charge in [-0.25, -0.2) is 8.42 Å². The highest BCUT2D eigenvalue weighted by Gasteiger charge is 2.40. The maximum atomic E-state index is 12.5. The van der Waals surface area contributed by atoms with Gasteiger partial charge in [0, 0.05) is 19.5 Å². The number of halogens is 1. The molecule has 0 amide bonds. The van der Waals surface area contributed by atoms with Crippen molar-refractivity contribution in [1.29, 1.82) is 0 Å². The zero-order chi connectivity index (χ0) is 17.4. The molecule has 0 atom stereocenters. The third-order valence-electron chi connectivity index (χ3n) is 4.03. The van der Waals surface area contributed by atoms with E-state index < -0.39 is 10.0 Å². The number of nitrogens with zero attached hydrogens (tertiary/aromatic N) is 3. The van der Waals surface area contributed by atoms with Gasteiger partial charge in [0.05, 0.1) is 10.3 Å². The molecule has 0 aliphatic carbocycles. The van der Waals surface area contributed by atoms with Gasteiger partial charge in [-0.3, -0.25) is 0 Å². The Hall–Kier alpha value is -1.74. The quantitative estimate of drug-likeness (QED) is 0.663. The Morgan fingerprint density at radius 1 is 1.20 bits per heavy atom. The summed E-state index contributed by atoms with van der Waals surface area (Å²) >= 11 is 6.89. The largest absolute Gasteiger partial charge is 0.339 e. The molecule has 0 spiro atoms. The van der Waals surface area contributed by atoms with E-state index in [1.165, 1.54) is 10.4 Å². The van der Waals surface area contributed by atoms with Crippen LogP contribution in [0.25, 0.3) is 0 Å². The molecular formula is C16H14ClN3O3S2. The number of benzene rings is 1. The van der Waals surface area contributed by atoms with E-state index in [1.807, 2.05) is 30.3 Å². The predicted molar refractivity (Wildman–Crippen MR) is 94.4 cm³/mol. The Bertz CT molecular complexity index is 979. The molecule has 1 fully saturated rings. The third kappa shape index (κ3) is 3.35. The second kappa shape index (κ2) is 6.53. The van der Waals surface area contributed by atoms with Crippen molar-refractivity contribution >= 4 is 33.0 Å². The van der Waals surface area contributed by atoms with E-state index in [1.54, 1.807) is 6.07 Å². The summed E-state index contributed by atoms with van der Waals surface area (Å²) in [4.78, 5) is 4.40. The summed E-state index contributed by atoms with van der Waals surface area (Å²) in [6, 6.07) is 13.0. The first-order chi connectivity index (χ1) is 12.0. The standard InChI is InChI=1S/C16H14ClN3O3S2/c17-13-6-7-15(24-13)25(21,22)20-9-12(10-20)16-18-14(19-23-16)8-11-4-2-1-3-5-11/h1-7,12H,8-10H2. The first-order valence-corrected chi connectivity index (χ1v) is 10.3. The zero-order valence-corrected chi connectivity index (χ0v) is 15.4. The predicted octanol–water partition coefficient (Wildman–Crippen LogP) is 3.16. The van der Waals surface area contributed by atoms with Crippen molar-refractivity contribution in [3.8, 4) is 0 Å². The van der Waals surface area contributed by atoms with Gasteiger partial charge in [0.2, 0.25) is 5.89 Å². The van der Waals surface area contributed by atoms with Crippen LogP contribution in [0.5, 0.6) is 0 Å². The summed E-state index contributed by atoms with van der Waals surface area (Å²) in [5, 5.41) is 3.99. The molecule has 6 nitrogen and oxygen atoms in total. The van der Waals surface area contributed by atoms with Crippen LogP contribution in [-0.2, 0) is 16.4 Å². The Morgan fingerprint density at radius 3 is 2.64 bits per heavy atom. The van der Waals surface area contributed by atoms with Crippen molar-refractivity contribution in [3.05, 3.63) is 64.1 Å². The van der Waals surface area contributed by atoms with Crippen LogP contribution in [0.2, 0.25) is 4.34 Å². The summed E-state index contributed by atoms with van der Waals surface area (Å²) in [6.45, 7) is 0.676. The maximum Gasteiger partial charge on any atom is 0.252 e. The van der Waals surface area contributed by atoms with Crippen LogP contribution in [0.3, 0.4) is 0 Å². The van der Waals surface area contributed by atoms with Crippen molar-refractivity contribution in [2.24, 2.45) is 0 Å². The second-order valence-electron chi connectivity index (χ2n) is 5.79. The number of thiophene rings is 1. The molecule has 1 aromatic carbocycles. The fourth-order valence-electron chi connectivity index (χ4n) is 2.64. The second-order valence-corrected chi connectivity index (χ2v) is 9.67. The summed E-state index contributed by atoms with van der Waals surface area (Å²) < 4.78 is 32.4. The molecule has 0 saturated carbocycles. The molecule has 1 aliphatic heterocycles. The lowest BCUT2D eigenvalue weighted by atomic mass is 10.0. The Kier molecular flexibility index (Phi) is 4.36. The summed E-state index contributed by atoms with van der Waals surface area (Å²) in [7, 11) is -3.49. The molecule has 4 rings (SSSR count). The normalized spacial score (nSPS) is 16.0. The molecule has 9 heteroatoms. The number of aromatic nitrogens is 2. The van der Waals surface area contributed by atoms with E-state index in [0.717, 1.165) is 16.9 Å². The van der Waals surface area contributed by atoms with Crippen LogP contribution < -0.4 is 0 Å². The van der Waals surface area contributed by atoms with Crippen LogP contribution in [0.1, 0.15) is 23.2 Å². The molecule has 3 heterocycles. The average molecular weight is 396 g/mol. The SMILES string of the molecule is O=S(=O)(c1ccc(Cl)s1)N1CC(c2nc(Cc3ccccc3)no2)C1. The van der Waals surface area contributed by atoms with Gasteiger partial charge >= 0.3 is 0 Å². The molecule has 25 heavy (non-hydrogen) atoms. The van der Waals surface area contributed by atoms with Crippen LogP contribution in [-0.4, -0.2) is 36.0 Å². The lowest BCUT2D eigenvalue weighted by Gasteiger charge is -2.35. The number of sulfonamides is 1. The third-order valence-corrected chi connectivity index (χ3v) is 7.56. The summed E-state index contributed by atoms with van der Waals surface area (Å²) in [6.07, 6.45) is 0.590. The Labute approximate surface area is 154 Å². The Balaban J connectivity index is 1.41. The molecule has 0 radical (unpaired) electrons. The van der Waals surface area contributed by atoms with Crippen molar-refractivity contribution < 1.29 is 12.9 Å². The zero-order valence-electron chi connectivity index (χ0n) is 13.0.